The molecule has 0 aliphatic heterocycles. The molecule has 182 valence electrons. The predicted octanol–water partition coefficient (Wildman–Crippen LogP) is 4.59. The summed E-state index contributed by atoms with van der Waals surface area (Å²) in [5.74, 6) is -2.31. The molecular formula is C28H29FN2O4. The molecule has 1 atom stereocenters. The summed E-state index contributed by atoms with van der Waals surface area (Å²) in [6.07, 6.45) is 0.271. The summed E-state index contributed by atoms with van der Waals surface area (Å²) < 4.78 is 13.2. The number of carboxylic acid groups (broad SMARTS) is 1. The third-order valence-electron chi connectivity index (χ3n) is 5.54. The van der Waals surface area contributed by atoms with Crippen LogP contribution in [0.15, 0.2) is 78.9 Å². The Kier molecular flexibility index (Phi) is 8.36. The molecule has 35 heavy (non-hydrogen) atoms. The van der Waals surface area contributed by atoms with Crippen LogP contribution < -0.4 is 10.6 Å². The monoisotopic (exact) mass is 476 g/mol. The lowest BCUT2D eigenvalue weighted by Gasteiger charge is -2.29. The van der Waals surface area contributed by atoms with Gasteiger partial charge in [-0.25, -0.2) is 4.39 Å². The van der Waals surface area contributed by atoms with Gasteiger partial charge in [-0.05, 0) is 67.6 Å². The minimum absolute atomic E-state index is 0.0397. The summed E-state index contributed by atoms with van der Waals surface area (Å²) in [4.78, 5) is 37.0. The number of amides is 2. The number of halogens is 1. The van der Waals surface area contributed by atoms with E-state index in [0.29, 0.717) is 12.0 Å². The molecular weight excluding hydrogens is 447 g/mol. The van der Waals surface area contributed by atoms with E-state index in [2.05, 4.69) is 10.6 Å². The zero-order valence-electron chi connectivity index (χ0n) is 19.8. The third kappa shape index (κ3) is 7.78. The van der Waals surface area contributed by atoms with E-state index in [1.54, 1.807) is 36.4 Å². The predicted molar refractivity (Wildman–Crippen MR) is 132 cm³/mol. The zero-order chi connectivity index (χ0) is 25.4. The van der Waals surface area contributed by atoms with Crippen molar-refractivity contribution in [1.82, 2.24) is 10.6 Å². The highest BCUT2D eigenvalue weighted by Gasteiger charge is 2.28. The van der Waals surface area contributed by atoms with Gasteiger partial charge in [0.05, 0.1) is 0 Å². The quantitative estimate of drug-likeness (QED) is 0.399. The maximum absolute atomic E-state index is 13.2. The number of carboxylic acids is 1. The topological polar surface area (TPSA) is 95.5 Å². The Labute approximate surface area is 204 Å². The third-order valence-corrected chi connectivity index (χ3v) is 5.54. The molecule has 0 bridgehead atoms. The first-order valence-electron chi connectivity index (χ1n) is 11.4. The number of rotatable bonds is 10. The summed E-state index contributed by atoms with van der Waals surface area (Å²) in [6, 6.07) is 21.4. The number of carbonyl (C=O) groups is 3. The second kappa shape index (κ2) is 11.4. The molecule has 3 aromatic carbocycles. The SMILES string of the molecule is CC(C)(Cc1ccccc1)NC(=O)[C@H](CCC(=O)O)NC(=O)c1ccc(-c2ccc(F)cc2)cc1. The standard InChI is InChI=1S/C28H29FN2O4/c1-28(2,18-19-6-4-3-5-7-19)31-27(35)24(16-17-25(32)33)30-26(34)22-10-8-20(9-11-22)21-12-14-23(29)15-13-21/h3-15,24H,16-18H2,1-2H3,(H,30,34)(H,31,35)(H,32,33)/t24-/m0/s1. The second-order valence-corrected chi connectivity index (χ2v) is 9.08. The van der Waals surface area contributed by atoms with Gasteiger partial charge in [-0.15, -0.1) is 0 Å². The van der Waals surface area contributed by atoms with Crippen molar-refractivity contribution in [2.45, 2.75) is 44.7 Å². The lowest BCUT2D eigenvalue weighted by molar-refractivity contribution is -0.137. The minimum atomic E-state index is -1.05. The highest BCUT2D eigenvalue weighted by Crippen LogP contribution is 2.20. The van der Waals surface area contributed by atoms with Gasteiger partial charge < -0.3 is 15.7 Å². The molecule has 0 fully saturated rings. The molecule has 3 N–H and O–H groups in total. The average molecular weight is 477 g/mol. The van der Waals surface area contributed by atoms with Gasteiger partial charge in [-0.3, -0.25) is 14.4 Å². The van der Waals surface area contributed by atoms with Crippen LogP contribution in [0.3, 0.4) is 0 Å². The van der Waals surface area contributed by atoms with Crippen molar-refractivity contribution >= 4 is 17.8 Å². The fourth-order valence-electron chi connectivity index (χ4n) is 3.81. The fourth-order valence-corrected chi connectivity index (χ4v) is 3.81. The molecule has 3 rings (SSSR count). The van der Waals surface area contributed by atoms with Crippen molar-refractivity contribution < 1.29 is 23.9 Å². The van der Waals surface area contributed by atoms with Gasteiger partial charge >= 0.3 is 5.97 Å². The van der Waals surface area contributed by atoms with Gasteiger partial charge in [0.15, 0.2) is 0 Å². The number of hydrogen-bond donors (Lipinski definition) is 3. The Balaban J connectivity index is 1.69. The van der Waals surface area contributed by atoms with Crippen LogP contribution in [0.5, 0.6) is 0 Å². The molecule has 0 saturated heterocycles. The lowest BCUT2D eigenvalue weighted by Crippen LogP contribution is -2.54. The van der Waals surface area contributed by atoms with Gasteiger partial charge in [-0.2, -0.15) is 0 Å². The highest BCUT2D eigenvalue weighted by molar-refractivity contribution is 5.98. The van der Waals surface area contributed by atoms with E-state index in [4.69, 9.17) is 5.11 Å². The number of hydrogen-bond acceptors (Lipinski definition) is 3. The van der Waals surface area contributed by atoms with Crippen LogP contribution in [0, 0.1) is 5.82 Å². The molecule has 6 nitrogen and oxygen atoms in total. The van der Waals surface area contributed by atoms with E-state index < -0.39 is 29.4 Å². The van der Waals surface area contributed by atoms with E-state index >= 15 is 0 Å². The maximum Gasteiger partial charge on any atom is 0.303 e. The Morgan fingerprint density at radius 2 is 1.46 bits per heavy atom. The van der Waals surface area contributed by atoms with Gasteiger partial charge in [0.25, 0.3) is 5.91 Å². The van der Waals surface area contributed by atoms with Gasteiger partial charge in [0.2, 0.25) is 5.91 Å². The van der Waals surface area contributed by atoms with Crippen molar-refractivity contribution in [3.63, 3.8) is 0 Å². The normalized spacial score (nSPS) is 12.0. The average Bonchev–Trinajstić information content (AvgIpc) is 2.82. The summed E-state index contributed by atoms with van der Waals surface area (Å²) in [6.45, 7) is 3.75. The first-order chi connectivity index (χ1) is 16.6. The fraction of sp³-hybridized carbons (Fsp3) is 0.250. The smallest absolute Gasteiger partial charge is 0.303 e. The Hall–Kier alpha value is -4.00. The molecule has 0 unspecified atom stereocenters. The molecule has 0 spiro atoms. The van der Waals surface area contributed by atoms with Crippen LogP contribution in [-0.4, -0.2) is 34.5 Å². The molecule has 7 heteroatoms. The van der Waals surface area contributed by atoms with E-state index in [-0.39, 0.29) is 18.7 Å². The van der Waals surface area contributed by atoms with Crippen LogP contribution in [0.1, 0.15) is 42.6 Å². The largest absolute Gasteiger partial charge is 0.481 e. The van der Waals surface area contributed by atoms with E-state index in [0.717, 1.165) is 16.7 Å². The summed E-state index contributed by atoms with van der Waals surface area (Å²) in [7, 11) is 0. The van der Waals surface area contributed by atoms with Crippen molar-refractivity contribution in [1.29, 1.82) is 0 Å². The van der Waals surface area contributed by atoms with Crippen LogP contribution in [0.4, 0.5) is 4.39 Å². The number of nitrogens with one attached hydrogen (secondary N) is 2. The lowest BCUT2D eigenvalue weighted by atomic mass is 9.94. The first-order valence-corrected chi connectivity index (χ1v) is 11.4. The van der Waals surface area contributed by atoms with Gasteiger partial charge in [0, 0.05) is 17.5 Å². The number of aliphatic carboxylic acids is 1. The molecule has 0 aromatic heterocycles. The Bertz CT molecular complexity index is 1160. The van der Waals surface area contributed by atoms with Crippen molar-refractivity contribution in [2.75, 3.05) is 0 Å². The summed E-state index contributed by atoms with van der Waals surface area (Å²) >= 11 is 0. The minimum Gasteiger partial charge on any atom is -0.481 e. The van der Waals surface area contributed by atoms with E-state index in [1.807, 2.05) is 44.2 Å². The number of benzene rings is 3. The van der Waals surface area contributed by atoms with Gasteiger partial charge in [-0.1, -0.05) is 54.6 Å². The molecule has 0 saturated carbocycles. The van der Waals surface area contributed by atoms with Crippen LogP contribution in [0.2, 0.25) is 0 Å². The Morgan fingerprint density at radius 3 is 2.03 bits per heavy atom. The highest BCUT2D eigenvalue weighted by atomic mass is 19.1. The van der Waals surface area contributed by atoms with E-state index in [1.165, 1.54) is 12.1 Å². The van der Waals surface area contributed by atoms with Crippen LogP contribution >= 0.6 is 0 Å². The summed E-state index contributed by atoms with van der Waals surface area (Å²) in [5.41, 5.74) is 2.38. The molecule has 0 aliphatic carbocycles. The van der Waals surface area contributed by atoms with Crippen molar-refractivity contribution in [3.05, 3.63) is 95.8 Å². The Morgan fingerprint density at radius 1 is 0.886 bits per heavy atom. The first kappa shape index (κ1) is 25.6. The molecule has 0 radical (unpaired) electrons. The van der Waals surface area contributed by atoms with Crippen molar-refractivity contribution in [2.24, 2.45) is 0 Å². The molecule has 2 amide bonds. The van der Waals surface area contributed by atoms with E-state index in [9.17, 15) is 18.8 Å². The summed E-state index contributed by atoms with van der Waals surface area (Å²) in [5, 5.41) is 14.7. The van der Waals surface area contributed by atoms with Gasteiger partial charge in [0.1, 0.15) is 11.9 Å². The van der Waals surface area contributed by atoms with Crippen molar-refractivity contribution in [3.8, 4) is 11.1 Å². The molecule has 0 heterocycles. The number of carbonyl (C=O) groups excluding carboxylic acids is 2. The molecule has 3 aromatic rings. The second-order valence-electron chi connectivity index (χ2n) is 9.08. The van der Waals surface area contributed by atoms with Crippen LogP contribution in [0.25, 0.3) is 11.1 Å². The zero-order valence-corrected chi connectivity index (χ0v) is 19.8. The maximum atomic E-state index is 13.2. The molecule has 0 aliphatic rings. The van der Waals surface area contributed by atoms with Crippen LogP contribution in [-0.2, 0) is 16.0 Å².